The van der Waals surface area contributed by atoms with Gasteiger partial charge in [0.15, 0.2) is 0 Å². The fourth-order valence-corrected chi connectivity index (χ4v) is 2.70. The van der Waals surface area contributed by atoms with Crippen LogP contribution < -0.4 is 10.7 Å². The van der Waals surface area contributed by atoms with E-state index in [1.807, 2.05) is 0 Å². The quantitative estimate of drug-likeness (QED) is 0.497. The number of benzene rings is 2. The molecule has 0 fully saturated rings. The molecule has 2 aromatic rings. The third-order valence-electron chi connectivity index (χ3n) is 3.11. The highest BCUT2D eigenvalue weighted by molar-refractivity contribution is 6.35. The predicted octanol–water partition coefficient (Wildman–Crippen LogP) is 4.49. The number of carbonyl (C=O) groups excluding carboxylic acids is 2. The zero-order valence-corrected chi connectivity index (χ0v) is 15.8. The molecule has 136 valence electrons. The second kappa shape index (κ2) is 8.89. The first-order valence-electron chi connectivity index (χ1n) is 7.32. The minimum absolute atomic E-state index is 0.0212. The molecule has 0 aliphatic heterocycles. The molecule has 2 amide bonds. The van der Waals surface area contributed by atoms with Gasteiger partial charge >= 0.3 is 0 Å². The Morgan fingerprint density at radius 2 is 1.69 bits per heavy atom. The Kier molecular flexibility index (Phi) is 6.85. The van der Waals surface area contributed by atoms with Crippen molar-refractivity contribution in [2.24, 2.45) is 5.10 Å². The van der Waals surface area contributed by atoms with E-state index in [0.29, 0.717) is 26.5 Å². The molecular formula is C17H14Cl3N3O3. The lowest BCUT2D eigenvalue weighted by atomic mass is 10.2. The van der Waals surface area contributed by atoms with E-state index in [2.05, 4.69) is 15.8 Å². The summed E-state index contributed by atoms with van der Waals surface area (Å²) in [6.45, 7) is 1.57. The Morgan fingerprint density at radius 3 is 2.35 bits per heavy atom. The summed E-state index contributed by atoms with van der Waals surface area (Å²) in [5.74, 6) is -1.23. The fraction of sp³-hybridized carbons (Fsp3) is 0.118. The Balaban J connectivity index is 1.95. The van der Waals surface area contributed by atoms with Gasteiger partial charge in [-0.25, -0.2) is 5.43 Å². The summed E-state index contributed by atoms with van der Waals surface area (Å²) in [5.41, 5.74) is 3.05. The molecule has 6 nitrogen and oxygen atoms in total. The molecule has 0 bridgehead atoms. The third kappa shape index (κ3) is 5.91. The first kappa shape index (κ1) is 20.0. The van der Waals surface area contributed by atoms with Crippen LogP contribution in [-0.2, 0) is 4.79 Å². The number of phenolic OH excluding ortho intramolecular Hbond substituents is 1. The highest BCUT2D eigenvalue weighted by atomic mass is 35.5. The number of hydrazone groups is 1. The fourth-order valence-electron chi connectivity index (χ4n) is 2.00. The largest absolute Gasteiger partial charge is 0.507 e. The number of aromatic hydroxyl groups is 1. The first-order valence-corrected chi connectivity index (χ1v) is 8.46. The molecule has 0 aromatic heterocycles. The van der Waals surface area contributed by atoms with Crippen molar-refractivity contribution in [1.29, 1.82) is 0 Å². The Morgan fingerprint density at radius 1 is 1.04 bits per heavy atom. The average Bonchev–Trinajstić information content (AvgIpc) is 2.53. The van der Waals surface area contributed by atoms with E-state index in [4.69, 9.17) is 34.8 Å². The number of amides is 2. The van der Waals surface area contributed by atoms with Crippen molar-refractivity contribution in [3.05, 3.63) is 57.0 Å². The Labute approximate surface area is 164 Å². The summed E-state index contributed by atoms with van der Waals surface area (Å²) in [4.78, 5) is 24.0. The topological polar surface area (TPSA) is 90.8 Å². The van der Waals surface area contributed by atoms with Crippen molar-refractivity contribution < 1.29 is 14.7 Å². The number of phenols is 1. The van der Waals surface area contributed by atoms with Gasteiger partial charge in [-0.3, -0.25) is 9.59 Å². The number of hydrogen-bond acceptors (Lipinski definition) is 4. The van der Waals surface area contributed by atoms with Crippen LogP contribution in [0.1, 0.15) is 23.7 Å². The Bertz CT molecular complexity index is 865. The maximum absolute atomic E-state index is 12.0. The van der Waals surface area contributed by atoms with Crippen molar-refractivity contribution in [3.8, 4) is 5.75 Å². The number of halogens is 3. The summed E-state index contributed by atoms with van der Waals surface area (Å²) in [6.07, 6.45) is -0.0636. The minimum atomic E-state index is -0.647. The summed E-state index contributed by atoms with van der Waals surface area (Å²) < 4.78 is 0. The number of nitrogens with one attached hydrogen (secondary N) is 2. The SMILES string of the molecule is C/C(CC(=O)Nc1cc(Cl)cc(Cl)c1)=N\NC(=O)c1cc(Cl)ccc1O. The highest BCUT2D eigenvalue weighted by Crippen LogP contribution is 2.23. The van der Waals surface area contributed by atoms with Gasteiger partial charge in [0.25, 0.3) is 5.91 Å². The third-order valence-corrected chi connectivity index (χ3v) is 3.79. The lowest BCUT2D eigenvalue weighted by molar-refractivity contribution is -0.115. The van der Waals surface area contributed by atoms with Crippen molar-refractivity contribution in [2.75, 3.05) is 5.32 Å². The number of nitrogens with zero attached hydrogens (tertiary/aromatic N) is 1. The van der Waals surface area contributed by atoms with Crippen LogP contribution in [0.4, 0.5) is 5.69 Å². The molecule has 0 heterocycles. The summed E-state index contributed by atoms with van der Waals surface area (Å²) >= 11 is 17.5. The number of carbonyl (C=O) groups is 2. The number of rotatable bonds is 5. The molecule has 2 aromatic carbocycles. The van der Waals surface area contributed by atoms with Crippen LogP contribution in [0.25, 0.3) is 0 Å². The molecule has 0 aliphatic carbocycles. The number of anilines is 1. The molecule has 0 aliphatic rings. The van der Waals surface area contributed by atoms with Crippen LogP contribution in [0.15, 0.2) is 41.5 Å². The van der Waals surface area contributed by atoms with E-state index in [1.54, 1.807) is 25.1 Å². The summed E-state index contributed by atoms with van der Waals surface area (Å²) in [5, 5.41) is 17.2. The van der Waals surface area contributed by atoms with E-state index in [0.717, 1.165) is 0 Å². The summed E-state index contributed by atoms with van der Waals surface area (Å²) in [6, 6.07) is 8.73. The van der Waals surface area contributed by atoms with Gasteiger partial charge in [0.05, 0.1) is 12.0 Å². The molecular weight excluding hydrogens is 401 g/mol. The second-order valence-corrected chi connectivity index (χ2v) is 6.64. The molecule has 0 unspecified atom stereocenters. The molecule has 0 saturated heterocycles. The van der Waals surface area contributed by atoms with Gasteiger partial charge in [0.1, 0.15) is 5.75 Å². The van der Waals surface area contributed by atoms with Gasteiger partial charge in [0, 0.05) is 26.5 Å². The molecule has 0 atom stereocenters. The molecule has 2 rings (SSSR count). The average molecular weight is 415 g/mol. The molecule has 9 heteroatoms. The van der Waals surface area contributed by atoms with Crippen LogP contribution in [0.2, 0.25) is 15.1 Å². The molecule has 0 radical (unpaired) electrons. The lowest BCUT2D eigenvalue weighted by Gasteiger charge is -2.07. The van der Waals surface area contributed by atoms with Gasteiger partial charge in [-0.1, -0.05) is 34.8 Å². The monoisotopic (exact) mass is 413 g/mol. The van der Waals surface area contributed by atoms with Gasteiger partial charge < -0.3 is 10.4 Å². The van der Waals surface area contributed by atoms with Crippen LogP contribution in [-0.4, -0.2) is 22.6 Å². The van der Waals surface area contributed by atoms with Crippen LogP contribution >= 0.6 is 34.8 Å². The van der Waals surface area contributed by atoms with Gasteiger partial charge in [-0.2, -0.15) is 5.10 Å². The first-order chi connectivity index (χ1) is 12.2. The van der Waals surface area contributed by atoms with E-state index < -0.39 is 5.91 Å². The van der Waals surface area contributed by atoms with Crippen molar-refractivity contribution in [2.45, 2.75) is 13.3 Å². The van der Waals surface area contributed by atoms with Crippen molar-refractivity contribution >= 4 is 58.0 Å². The second-order valence-electron chi connectivity index (χ2n) is 5.33. The zero-order chi connectivity index (χ0) is 19.3. The lowest BCUT2D eigenvalue weighted by Crippen LogP contribution is -2.21. The van der Waals surface area contributed by atoms with Gasteiger partial charge in [0.2, 0.25) is 5.91 Å². The molecule has 0 saturated carbocycles. The van der Waals surface area contributed by atoms with E-state index >= 15 is 0 Å². The van der Waals surface area contributed by atoms with E-state index in [1.165, 1.54) is 18.2 Å². The number of hydrogen-bond donors (Lipinski definition) is 3. The normalized spacial score (nSPS) is 11.2. The smallest absolute Gasteiger partial charge is 0.275 e. The van der Waals surface area contributed by atoms with Crippen LogP contribution in [0, 0.1) is 0 Å². The maximum Gasteiger partial charge on any atom is 0.275 e. The van der Waals surface area contributed by atoms with E-state index in [-0.39, 0.29) is 23.6 Å². The minimum Gasteiger partial charge on any atom is -0.507 e. The standard InChI is InChI=1S/C17H14Cl3N3O3/c1-9(4-16(25)21-13-6-11(19)5-12(20)7-13)22-23-17(26)14-8-10(18)2-3-15(14)24/h2-3,5-8,24H,4H2,1H3,(H,21,25)(H,23,26)/b22-9+. The molecule has 0 spiro atoms. The Hall–Kier alpha value is -2.28. The van der Waals surface area contributed by atoms with Gasteiger partial charge in [-0.15, -0.1) is 0 Å². The van der Waals surface area contributed by atoms with Gasteiger partial charge in [-0.05, 0) is 43.3 Å². The van der Waals surface area contributed by atoms with Crippen molar-refractivity contribution in [3.63, 3.8) is 0 Å². The summed E-state index contributed by atoms with van der Waals surface area (Å²) in [7, 11) is 0. The maximum atomic E-state index is 12.0. The van der Waals surface area contributed by atoms with Crippen LogP contribution in [0.5, 0.6) is 5.75 Å². The molecule has 26 heavy (non-hydrogen) atoms. The van der Waals surface area contributed by atoms with E-state index in [9.17, 15) is 14.7 Å². The highest BCUT2D eigenvalue weighted by Gasteiger charge is 2.12. The zero-order valence-electron chi connectivity index (χ0n) is 13.5. The van der Waals surface area contributed by atoms with Crippen molar-refractivity contribution in [1.82, 2.24) is 5.43 Å². The predicted molar refractivity (Wildman–Crippen MR) is 103 cm³/mol. The molecule has 3 N–H and O–H groups in total. The van der Waals surface area contributed by atoms with Crippen LogP contribution in [0.3, 0.4) is 0 Å².